The van der Waals surface area contributed by atoms with Crippen LogP contribution in [0.5, 0.6) is 0 Å². The number of carbonyl (C=O) groups is 2. The third kappa shape index (κ3) is 5.11. The lowest BCUT2D eigenvalue weighted by atomic mass is 9.84. The smallest absolute Gasteiger partial charge is 0.220 e. The number of rotatable bonds is 5. The van der Waals surface area contributed by atoms with Gasteiger partial charge in [-0.3, -0.25) is 9.59 Å². The van der Waals surface area contributed by atoms with Gasteiger partial charge in [0, 0.05) is 25.4 Å². The van der Waals surface area contributed by atoms with Gasteiger partial charge in [0.25, 0.3) is 0 Å². The van der Waals surface area contributed by atoms with Crippen LogP contribution in [0.15, 0.2) is 0 Å². The van der Waals surface area contributed by atoms with Crippen molar-refractivity contribution in [3.05, 3.63) is 0 Å². The first-order chi connectivity index (χ1) is 7.58. The van der Waals surface area contributed by atoms with Gasteiger partial charge in [0.2, 0.25) is 11.8 Å². The summed E-state index contributed by atoms with van der Waals surface area (Å²) in [6, 6.07) is 0.247. The molecule has 92 valence electrons. The number of nitrogens with two attached hydrogens (primary N) is 2. The second kappa shape index (κ2) is 6.48. The fourth-order valence-corrected chi connectivity index (χ4v) is 2.18. The maximum Gasteiger partial charge on any atom is 0.220 e. The lowest BCUT2D eigenvalue weighted by Gasteiger charge is -2.25. The second-order valence-corrected chi connectivity index (χ2v) is 4.56. The Balaban J connectivity index is 2.15. The van der Waals surface area contributed by atoms with Crippen molar-refractivity contribution in [3.8, 4) is 0 Å². The minimum absolute atomic E-state index is 0.000324. The van der Waals surface area contributed by atoms with E-state index >= 15 is 0 Å². The van der Waals surface area contributed by atoms with E-state index in [9.17, 15) is 9.59 Å². The van der Waals surface area contributed by atoms with Crippen LogP contribution in [0.3, 0.4) is 0 Å². The topological polar surface area (TPSA) is 98.2 Å². The van der Waals surface area contributed by atoms with E-state index in [1.54, 1.807) is 0 Å². The first kappa shape index (κ1) is 13.0. The molecule has 0 saturated heterocycles. The van der Waals surface area contributed by atoms with Gasteiger partial charge in [-0.15, -0.1) is 0 Å². The molecule has 0 aromatic rings. The van der Waals surface area contributed by atoms with Crippen LogP contribution in [0.1, 0.15) is 38.5 Å². The largest absolute Gasteiger partial charge is 0.370 e. The molecule has 0 aromatic heterocycles. The first-order valence-corrected chi connectivity index (χ1v) is 5.88. The summed E-state index contributed by atoms with van der Waals surface area (Å²) in [6.07, 6.45) is 4.92. The Morgan fingerprint density at radius 2 is 2.06 bits per heavy atom. The summed E-state index contributed by atoms with van der Waals surface area (Å²) in [4.78, 5) is 22.0. The Bertz CT molecular complexity index is 256. The van der Waals surface area contributed by atoms with Crippen molar-refractivity contribution in [3.63, 3.8) is 0 Å². The Labute approximate surface area is 95.9 Å². The zero-order valence-electron chi connectivity index (χ0n) is 9.58. The lowest BCUT2D eigenvalue weighted by Crippen LogP contribution is -2.33. The molecule has 1 rings (SSSR count). The van der Waals surface area contributed by atoms with E-state index < -0.39 is 0 Å². The molecule has 2 amide bonds. The van der Waals surface area contributed by atoms with Crippen LogP contribution < -0.4 is 16.8 Å². The Morgan fingerprint density at radius 3 is 2.69 bits per heavy atom. The van der Waals surface area contributed by atoms with E-state index in [0.29, 0.717) is 18.9 Å². The van der Waals surface area contributed by atoms with Gasteiger partial charge in [0.15, 0.2) is 0 Å². The molecular weight excluding hydrogens is 206 g/mol. The van der Waals surface area contributed by atoms with Crippen LogP contribution in [0, 0.1) is 5.92 Å². The van der Waals surface area contributed by atoms with Gasteiger partial charge in [0.1, 0.15) is 0 Å². The van der Waals surface area contributed by atoms with Crippen LogP contribution >= 0.6 is 0 Å². The number of primary amides is 1. The second-order valence-electron chi connectivity index (χ2n) is 4.56. The highest BCUT2D eigenvalue weighted by Crippen LogP contribution is 2.25. The van der Waals surface area contributed by atoms with E-state index in [4.69, 9.17) is 11.5 Å². The van der Waals surface area contributed by atoms with Crippen molar-refractivity contribution < 1.29 is 9.59 Å². The van der Waals surface area contributed by atoms with Crippen LogP contribution in [-0.4, -0.2) is 24.4 Å². The Morgan fingerprint density at radius 1 is 1.31 bits per heavy atom. The lowest BCUT2D eigenvalue weighted by molar-refractivity contribution is -0.122. The average Bonchev–Trinajstić information content (AvgIpc) is 2.16. The van der Waals surface area contributed by atoms with E-state index in [-0.39, 0.29) is 24.3 Å². The summed E-state index contributed by atoms with van der Waals surface area (Å²) in [5, 5.41) is 2.70. The summed E-state index contributed by atoms with van der Waals surface area (Å²) in [5.74, 6) is 0.0117. The van der Waals surface area contributed by atoms with Crippen molar-refractivity contribution >= 4 is 11.8 Å². The number of hydrogen-bond acceptors (Lipinski definition) is 3. The van der Waals surface area contributed by atoms with Gasteiger partial charge in [-0.05, 0) is 25.2 Å². The molecule has 1 saturated carbocycles. The van der Waals surface area contributed by atoms with Gasteiger partial charge in [-0.25, -0.2) is 0 Å². The third-order valence-corrected chi connectivity index (χ3v) is 2.99. The number of nitrogens with one attached hydrogen (secondary N) is 1. The number of amides is 2. The molecule has 16 heavy (non-hydrogen) atoms. The zero-order valence-corrected chi connectivity index (χ0v) is 9.58. The predicted octanol–water partition coefficient (Wildman–Crippen LogP) is -0.114. The molecule has 2 unspecified atom stereocenters. The van der Waals surface area contributed by atoms with Crippen LogP contribution in [0.4, 0.5) is 0 Å². The minimum Gasteiger partial charge on any atom is -0.370 e. The number of hydrogen-bond donors (Lipinski definition) is 3. The first-order valence-electron chi connectivity index (χ1n) is 5.88. The summed E-state index contributed by atoms with van der Waals surface area (Å²) >= 11 is 0. The SMILES string of the molecule is NC(=O)CCNC(=O)CC1CCCC(N)C1. The van der Waals surface area contributed by atoms with Crippen LogP contribution in [-0.2, 0) is 9.59 Å². The summed E-state index contributed by atoms with van der Waals surface area (Å²) in [6.45, 7) is 0.340. The van der Waals surface area contributed by atoms with Crippen LogP contribution in [0.25, 0.3) is 0 Å². The molecule has 0 spiro atoms. The molecule has 5 heteroatoms. The fraction of sp³-hybridized carbons (Fsp3) is 0.818. The van der Waals surface area contributed by atoms with Gasteiger partial charge in [0.05, 0.1) is 0 Å². The molecule has 0 aliphatic heterocycles. The Kier molecular flexibility index (Phi) is 5.25. The quantitative estimate of drug-likeness (QED) is 0.611. The molecule has 5 N–H and O–H groups in total. The minimum atomic E-state index is -0.389. The van der Waals surface area contributed by atoms with E-state index in [1.807, 2.05) is 0 Å². The van der Waals surface area contributed by atoms with E-state index in [1.165, 1.54) is 0 Å². The maximum atomic E-state index is 11.5. The fourth-order valence-electron chi connectivity index (χ4n) is 2.18. The highest BCUT2D eigenvalue weighted by Gasteiger charge is 2.21. The van der Waals surface area contributed by atoms with Crippen molar-refractivity contribution in [1.82, 2.24) is 5.32 Å². The van der Waals surface area contributed by atoms with Gasteiger partial charge in [-0.2, -0.15) is 0 Å². The maximum absolute atomic E-state index is 11.5. The normalized spacial score (nSPS) is 25.1. The molecule has 0 radical (unpaired) electrons. The van der Waals surface area contributed by atoms with Gasteiger partial charge in [-0.1, -0.05) is 6.42 Å². The Hall–Kier alpha value is -1.10. The molecule has 0 heterocycles. The highest BCUT2D eigenvalue weighted by atomic mass is 16.2. The summed E-state index contributed by atoms with van der Waals surface area (Å²) in [7, 11) is 0. The average molecular weight is 227 g/mol. The van der Waals surface area contributed by atoms with Crippen molar-refractivity contribution in [2.75, 3.05) is 6.54 Å². The van der Waals surface area contributed by atoms with E-state index in [2.05, 4.69) is 5.32 Å². The summed E-state index contributed by atoms with van der Waals surface area (Å²) in [5.41, 5.74) is 10.8. The molecular formula is C11H21N3O2. The van der Waals surface area contributed by atoms with Crippen molar-refractivity contribution in [2.24, 2.45) is 17.4 Å². The molecule has 1 aliphatic rings. The molecule has 5 nitrogen and oxygen atoms in total. The molecule has 1 fully saturated rings. The standard InChI is InChI=1S/C11H21N3O2/c12-9-3-1-2-8(6-9)7-11(16)14-5-4-10(13)15/h8-9H,1-7,12H2,(H2,13,15)(H,14,16). The number of carbonyl (C=O) groups excluding carboxylic acids is 2. The molecule has 0 aromatic carbocycles. The van der Waals surface area contributed by atoms with Crippen molar-refractivity contribution in [1.29, 1.82) is 0 Å². The third-order valence-electron chi connectivity index (χ3n) is 2.99. The van der Waals surface area contributed by atoms with Crippen LogP contribution in [0.2, 0.25) is 0 Å². The highest BCUT2D eigenvalue weighted by molar-refractivity contribution is 5.78. The van der Waals surface area contributed by atoms with Gasteiger partial charge < -0.3 is 16.8 Å². The molecule has 0 bridgehead atoms. The predicted molar refractivity (Wildman–Crippen MR) is 61.4 cm³/mol. The molecule has 2 atom stereocenters. The summed E-state index contributed by atoms with van der Waals surface area (Å²) < 4.78 is 0. The van der Waals surface area contributed by atoms with Crippen molar-refractivity contribution in [2.45, 2.75) is 44.6 Å². The van der Waals surface area contributed by atoms with Gasteiger partial charge >= 0.3 is 0 Å². The zero-order chi connectivity index (χ0) is 12.0. The monoisotopic (exact) mass is 227 g/mol. The molecule has 1 aliphatic carbocycles. The van der Waals surface area contributed by atoms with E-state index in [0.717, 1.165) is 25.7 Å².